The van der Waals surface area contributed by atoms with E-state index < -0.39 is 5.97 Å². The van der Waals surface area contributed by atoms with Gasteiger partial charge in [-0.1, -0.05) is 53.2 Å². The molecular weight excluding hydrogens is 480 g/mol. The number of hydrogen-bond acceptors (Lipinski definition) is 6. The predicted octanol–water partition coefficient (Wildman–Crippen LogP) is 7.09. The number of pyridine rings is 1. The van der Waals surface area contributed by atoms with Crippen molar-refractivity contribution in [2.75, 3.05) is 6.61 Å². The minimum atomic E-state index is -0.533. The van der Waals surface area contributed by atoms with E-state index in [0.29, 0.717) is 17.2 Å². The van der Waals surface area contributed by atoms with E-state index in [9.17, 15) is 4.79 Å². The maximum atomic E-state index is 12.7. The summed E-state index contributed by atoms with van der Waals surface area (Å²) in [4.78, 5) is 23.1. The van der Waals surface area contributed by atoms with Crippen molar-refractivity contribution in [1.29, 1.82) is 0 Å². The second kappa shape index (κ2) is 9.94. The molecule has 0 fully saturated rings. The average Bonchev–Trinajstić information content (AvgIpc) is 3.21. The fraction of sp³-hybridized carbons (Fsp3) is 0.107. The Hall–Kier alpha value is -3.61. The van der Waals surface area contributed by atoms with E-state index in [4.69, 9.17) is 26.1 Å². The highest BCUT2D eigenvalue weighted by molar-refractivity contribution is 7.99. The van der Waals surface area contributed by atoms with Crippen LogP contribution in [-0.4, -0.2) is 23.5 Å². The van der Waals surface area contributed by atoms with Crippen molar-refractivity contribution >= 4 is 52.2 Å². The van der Waals surface area contributed by atoms with Crippen LogP contribution in [0.1, 0.15) is 23.6 Å². The van der Waals surface area contributed by atoms with Gasteiger partial charge in [0.05, 0.1) is 22.7 Å². The van der Waals surface area contributed by atoms with E-state index in [-0.39, 0.29) is 11.6 Å². The first-order valence-electron chi connectivity index (χ1n) is 11.1. The molecule has 35 heavy (non-hydrogen) atoms. The van der Waals surface area contributed by atoms with Gasteiger partial charge in [0.15, 0.2) is 5.70 Å². The van der Waals surface area contributed by atoms with Crippen LogP contribution in [0.4, 0.5) is 0 Å². The van der Waals surface area contributed by atoms with Crippen molar-refractivity contribution in [3.05, 3.63) is 100 Å². The van der Waals surface area contributed by atoms with Crippen molar-refractivity contribution < 1.29 is 14.3 Å². The zero-order chi connectivity index (χ0) is 24.4. The lowest BCUT2D eigenvalue weighted by Gasteiger charge is -2.10. The number of esters is 1. The number of fused-ring (bicyclic) bond motifs is 1. The summed E-state index contributed by atoms with van der Waals surface area (Å²) in [6.07, 6.45) is 1.71. The van der Waals surface area contributed by atoms with E-state index in [1.165, 1.54) is 17.3 Å². The van der Waals surface area contributed by atoms with E-state index in [1.807, 2.05) is 43.3 Å². The molecule has 1 aromatic heterocycles. The number of carbonyl (C=O) groups is 1. The van der Waals surface area contributed by atoms with Gasteiger partial charge in [-0.05, 0) is 68.5 Å². The molecule has 0 atom stereocenters. The Bertz CT molecular complexity index is 1500. The molecule has 7 heteroatoms. The van der Waals surface area contributed by atoms with Crippen LogP contribution < -0.4 is 4.74 Å². The molecule has 5 nitrogen and oxygen atoms in total. The molecule has 0 amide bonds. The maximum absolute atomic E-state index is 12.7. The van der Waals surface area contributed by atoms with Crippen LogP contribution >= 0.6 is 23.4 Å². The summed E-state index contributed by atoms with van der Waals surface area (Å²) in [6.45, 7) is 4.57. The molecule has 5 rings (SSSR count). The smallest absolute Gasteiger partial charge is 0.363 e. The minimum Gasteiger partial charge on any atom is -0.494 e. The van der Waals surface area contributed by atoms with Crippen LogP contribution in [0.25, 0.3) is 17.0 Å². The summed E-state index contributed by atoms with van der Waals surface area (Å²) in [5.41, 5.74) is 3.53. The molecule has 4 aromatic rings. The third-order valence-corrected chi connectivity index (χ3v) is 6.70. The molecule has 174 valence electrons. The number of aliphatic imine (C=N–C) groups is 1. The Balaban J connectivity index is 1.60. The Labute approximate surface area is 212 Å². The summed E-state index contributed by atoms with van der Waals surface area (Å²) in [5, 5.41) is 2.12. The van der Waals surface area contributed by atoms with Gasteiger partial charge < -0.3 is 9.47 Å². The van der Waals surface area contributed by atoms with E-state index in [0.717, 1.165) is 32.1 Å². The van der Waals surface area contributed by atoms with Gasteiger partial charge in [0.25, 0.3) is 0 Å². The zero-order valence-corrected chi connectivity index (χ0v) is 20.7. The Morgan fingerprint density at radius 1 is 1.06 bits per heavy atom. The fourth-order valence-corrected chi connectivity index (χ4v) is 4.71. The second-order valence-corrected chi connectivity index (χ2v) is 9.37. The van der Waals surface area contributed by atoms with Crippen molar-refractivity contribution in [1.82, 2.24) is 4.98 Å². The molecule has 3 aromatic carbocycles. The topological polar surface area (TPSA) is 60.8 Å². The number of carbonyl (C=O) groups excluding carboxylic acids is 1. The molecule has 1 aliphatic rings. The molecule has 0 aliphatic carbocycles. The molecule has 0 unspecified atom stereocenters. The quantitative estimate of drug-likeness (QED) is 0.209. The molecule has 0 bridgehead atoms. The van der Waals surface area contributed by atoms with Gasteiger partial charge >= 0.3 is 5.97 Å². The highest BCUT2D eigenvalue weighted by Crippen LogP contribution is 2.34. The number of halogens is 1. The summed E-state index contributed by atoms with van der Waals surface area (Å²) >= 11 is 7.80. The summed E-state index contributed by atoms with van der Waals surface area (Å²) < 4.78 is 11.1. The third-order valence-electron chi connectivity index (χ3n) is 5.34. The van der Waals surface area contributed by atoms with E-state index >= 15 is 0 Å². The van der Waals surface area contributed by atoms with E-state index in [1.54, 1.807) is 18.2 Å². The minimum absolute atomic E-state index is 0.187. The highest BCUT2D eigenvalue weighted by Gasteiger charge is 2.26. The van der Waals surface area contributed by atoms with Gasteiger partial charge in [-0.2, -0.15) is 0 Å². The van der Waals surface area contributed by atoms with Crippen LogP contribution in [0, 0.1) is 6.92 Å². The zero-order valence-electron chi connectivity index (χ0n) is 19.1. The Kier molecular flexibility index (Phi) is 6.57. The lowest BCUT2D eigenvalue weighted by Crippen LogP contribution is -2.05. The number of cyclic esters (lactones) is 1. The summed E-state index contributed by atoms with van der Waals surface area (Å²) in [6, 6.07) is 23.1. The van der Waals surface area contributed by atoms with Crippen molar-refractivity contribution in [2.45, 2.75) is 23.8 Å². The molecule has 2 heterocycles. The number of hydrogen-bond donors (Lipinski definition) is 0. The lowest BCUT2D eigenvalue weighted by molar-refractivity contribution is -0.129. The Morgan fingerprint density at radius 2 is 1.86 bits per heavy atom. The average molecular weight is 501 g/mol. The number of aryl methyl sites for hydroxylation is 1. The van der Waals surface area contributed by atoms with Crippen LogP contribution in [0.3, 0.4) is 0 Å². The molecule has 0 spiro atoms. The van der Waals surface area contributed by atoms with Gasteiger partial charge in [-0.15, -0.1) is 0 Å². The molecule has 0 saturated carbocycles. The number of ether oxygens (including phenoxy) is 2. The van der Waals surface area contributed by atoms with Crippen molar-refractivity contribution in [3.63, 3.8) is 0 Å². The van der Waals surface area contributed by atoms with Gasteiger partial charge in [-0.3, -0.25) is 0 Å². The number of rotatable bonds is 6. The molecule has 0 saturated heterocycles. The van der Waals surface area contributed by atoms with Gasteiger partial charge in [-0.25, -0.2) is 14.8 Å². The summed E-state index contributed by atoms with van der Waals surface area (Å²) in [7, 11) is 0. The molecule has 0 N–H and O–H groups in total. The van der Waals surface area contributed by atoms with Gasteiger partial charge in [0.1, 0.15) is 10.8 Å². The molecule has 1 aliphatic heterocycles. The SMILES string of the molecule is CCOc1ccc2nc(Sc3ccc(C)cc3)c(C=C3N=C(c4ccccc4Cl)OC3=O)cc2c1. The monoisotopic (exact) mass is 500 g/mol. The molecule has 0 radical (unpaired) electrons. The highest BCUT2D eigenvalue weighted by atomic mass is 35.5. The van der Waals surface area contributed by atoms with Crippen LogP contribution in [0.2, 0.25) is 5.02 Å². The van der Waals surface area contributed by atoms with Crippen LogP contribution in [0.5, 0.6) is 5.75 Å². The van der Waals surface area contributed by atoms with E-state index in [2.05, 4.69) is 36.2 Å². The number of aromatic nitrogens is 1. The number of benzene rings is 3. The van der Waals surface area contributed by atoms with Crippen molar-refractivity contribution in [3.8, 4) is 5.75 Å². The van der Waals surface area contributed by atoms with Gasteiger partial charge in [0, 0.05) is 15.8 Å². The normalized spacial score (nSPS) is 14.3. The summed E-state index contributed by atoms with van der Waals surface area (Å²) in [5.74, 6) is 0.417. The lowest BCUT2D eigenvalue weighted by atomic mass is 10.1. The fourth-order valence-electron chi connectivity index (χ4n) is 3.62. The third kappa shape index (κ3) is 5.09. The first-order valence-corrected chi connectivity index (χ1v) is 12.3. The van der Waals surface area contributed by atoms with Crippen LogP contribution in [-0.2, 0) is 9.53 Å². The largest absolute Gasteiger partial charge is 0.494 e. The number of nitrogens with zero attached hydrogens (tertiary/aromatic N) is 2. The van der Waals surface area contributed by atoms with Crippen molar-refractivity contribution in [2.24, 2.45) is 4.99 Å². The molecular formula is C28H21ClN2O3S. The first kappa shape index (κ1) is 23.1. The first-order chi connectivity index (χ1) is 17.0. The maximum Gasteiger partial charge on any atom is 0.363 e. The predicted molar refractivity (Wildman–Crippen MR) is 140 cm³/mol. The van der Waals surface area contributed by atoms with Crippen LogP contribution in [0.15, 0.2) is 93.4 Å². The Morgan fingerprint density at radius 3 is 2.63 bits per heavy atom. The standard InChI is InChI=1S/C28H21ClN2O3S/c1-3-33-20-10-13-24-18(15-20)14-19(27(31-24)35-21-11-8-17(2)9-12-21)16-25-28(32)34-26(30-25)22-6-4-5-7-23(22)29/h4-16H,3H2,1-2H3. The second-order valence-electron chi connectivity index (χ2n) is 7.90. The van der Waals surface area contributed by atoms with Gasteiger partial charge in [0.2, 0.25) is 5.90 Å².